The van der Waals surface area contributed by atoms with Crippen LogP contribution in [0.4, 0.5) is 4.39 Å². The molecule has 0 spiro atoms. The Bertz CT molecular complexity index is 1030. The van der Waals surface area contributed by atoms with E-state index in [2.05, 4.69) is 4.57 Å². The van der Waals surface area contributed by atoms with Gasteiger partial charge in [0, 0.05) is 56.7 Å². The van der Waals surface area contributed by atoms with Crippen molar-refractivity contribution >= 4 is 22.7 Å². The van der Waals surface area contributed by atoms with Crippen molar-refractivity contribution in [2.45, 2.75) is 19.9 Å². The summed E-state index contributed by atoms with van der Waals surface area (Å²) in [4.78, 5) is 28.0. The molecule has 1 aromatic heterocycles. The van der Waals surface area contributed by atoms with Gasteiger partial charge in [0.2, 0.25) is 11.8 Å². The first kappa shape index (κ1) is 19.2. The number of amides is 2. The SMILES string of the molecule is CC(=O)N1CCN(C(=O)Cc2cn(Cc3ccc(F)cc3)c3ccccc23)CC1. The Morgan fingerprint density at radius 2 is 1.59 bits per heavy atom. The Hall–Kier alpha value is -3.15. The van der Waals surface area contributed by atoms with E-state index in [-0.39, 0.29) is 17.6 Å². The lowest BCUT2D eigenvalue weighted by Crippen LogP contribution is -2.50. The van der Waals surface area contributed by atoms with E-state index in [1.54, 1.807) is 24.0 Å². The van der Waals surface area contributed by atoms with Crippen LogP contribution in [0.15, 0.2) is 54.7 Å². The van der Waals surface area contributed by atoms with Gasteiger partial charge in [-0.25, -0.2) is 4.39 Å². The molecule has 0 atom stereocenters. The van der Waals surface area contributed by atoms with Gasteiger partial charge in [0.05, 0.1) is 6.42 Å². The summed E-state index contributed by atoms with van der Waals surface area (Å²) in [6.07, 6.45) is 2.36. The minimum atomic E-state index is -0.248. The summed E-state index contributed by atoms with van der Waals surface area (Å²) in [5.41, 5.74) is 3.05. The monoisotopic (exact) mass is 393 g/mol. The van der Waals surface area contributed by atoms with Gasteiger partial charge >= 0.3 is 0 Å². The van der Waals surface area contributed by atoms with Crippen LogP contribution in [-0.2, 0) is 22.6 Å². The van der Waals surface area contributed by atoms with Crippen LogP contribution in [0, 0.1) is 5.82 Å². The molecule has 0 unspecified atom stereocenters. The molecule has 29 heavy (non-hydrogen) atoms. The fourth-order valence-corrected chi connectivity index (χ4v) is 3.93. The number of hydrogen-bond acceptors (Lipinski definition) is 2. The van der Waals surface area contributed by atoms with Gasteiger partial charge in [-0.2, -0.15) is 0 Å². The number of halogens is 1. The molecule has 6 heteroatoms. The molecule has 0 N–H and O–H groups in total. The van der Waals surface area contributed by atoms with Gasteiger partial charge in [-0.1, -0.05) is 30.3 Å². The molecule has 1 aliphatic heterocycles. The second-order valence-electron chi connectivity index (χ2n) is 7.49. The Morgan fingerprint density at radius 1 is 0.931 bits per heavy atom. The van der Waals surface area contributed by atoms with Gasteiger partial charge in [0.15, 0.2) is 0 Å². The fourth-order valence-electron chi connectivity index (χ4n) is 3.93. The zero-order valence-corrected chi connectivity index (χ0v) is 16.5. The lowest BCUT2D eigenvalue weighted by molar-refractivity contribution is -0.137. The Morgan fingerprint density at radius 3 is 2.28 bits per heavy atom. The molecule has 0 radical (unpaired) electrons. The molecule has 1 aliphatic rings. The average Bonchev–Trinajstić information content (AvgIpc) is 3.07. The van der Waals surface area contributed by atoms with Crippen LogP contribution in [0.1, 0.15) is 18.1 Å². The lowest BCUT2D eigenvalue weighted by Gasteiger charge is -2.34. The summed E-state index contributed by atoms with van der Waals surface area (Å²) in [6.45, 7) is 4.51. The third-order valence-corrected chi connectivity index (χ3v) is 5.56. The molecule has 4 rings (SSSR count). The minimum Gasteiger partial charge on any atom is -0.343 e. The van der Waals surface area contributed by atoms with E-state index in [1.165, 1.54) is 12.1 Å². The maximum atomic E-state index is 13.2. The highest BCUT2D eigenvalue weighted by atomic mass is 19.1. The number of carbonyl (C=O) groups excluding carboxylic acids is 2. The van der Waals surface area contributed by atoms with Crippen molar-refractivity contribution in [3.63, 3.8) is 0 Å². The molecule has 3 aromatic rings. The molecule has 0 aliphatic carbocycles. The Labute approximate surface area is 169 Å². The van der Waals surface area contributed by atoms with E-state index < -0.39 is 0 Å². The molecule has 0 saturated carbocycles. The van der Waals surface area contributed by atoms with Gasteiger partial charge in [-0.3, -0.25) is 9.59 Å². The zero-order chi connectivity index (χ0) is 20.4. The number of benzene rings is 2. The van der Waals surface area contributed by atoms with Gasteiger partial charge in [0.1, 0.15) is 5.82 Å². The predicted octanol–water partition coefficient (Wildman–Crippen LogP) is 3.06. The number of aromatic nitrogens is 1. The average molecular weight is 393 g/mol. The first-order chi connectivity index (χ1) is 14.0. The predicted molar refractivity (Wildman–Crippen MR) is 110 cm³/mol. The minimum absolute atomic E-state index is 0.0564. The van der Waals surface area contributed by atoms with Crippen LogP contribution < -0.4 is 0 Å². The standard InChI is InChI=1S/C23H24FN3O2/c1-17(28)25-10-12-26(13-11-25)23(29)14-19-16-27(22-5-3-2-4-21(19)22)15-18-6-8-20(24)9-7-18/h2-9,16H,10-15H2,1H3. The fraction of sp³-hybridized carbons (Fsp3) is 0.304. The van der Waals surface area contributed by atoms with Crippen molar-refractivity contribution in [2.24, 2.45) is 0 Å². The molecule has 1 fully saturated rings. The number of hydrogen-bond donors (Lipinski definition) is 0. The highest BCUT2D eigenvalue weighted by Gasteiger charge is 2.23. The summed E-state index contributed by atoms with van der Waals surface area (Å²) < 4.78 is 15.3. The summed E-state index contributed by atoms with van der Waals surface area (Å²) in [5.74, 6) is -0.110. The highest BCUT2D eigenvalue weighted by Crippen LogP contribution is 2.24. The number of para-hydroxylation sites is 1. The molecular formula is C23H24FN3O2. The van der Waals surface area contributed by atoms with E-state index in [0.717, 1.165) is 22.0 Å². The molecular weight excluding hydrogens is 369 g/mol. The second-order valence-corrected chi connectivity index (χ2v) is 7.49. The molecule has 2 aromatic carbocycles. The first-order valence-electron chi connectivity index (χ1n) is 9.86. The molecule has 0 bridgehead atoms. The maximum absolute atomic E-state index is 13.2. The summed E-state index contributed by atoms with van der Waals surface area (Å²) in [6, 6.07) is 14.5. The third kappa shape index (κ3) is 4.16. The van der Waals surface area contributed by atoms with Gasteiger partial charge < -0.3 is 14.4 Å². The highest BCUT2D eigenvalue weighted by molar-refractivity contribution is 5.89. The van der Waals surface area contributed by atoms with E-state index in [0.29, 0.717) is 39.1 Å². The largest absolute Gasteiger partial charge is 0.343 e. The van der Waals surface area contributed by atoms with Crippen molar-refractivity contribution < 1.29 is 14.0 Å². The summed E-state index contributed by atoms with van der Waals surface area (Å²) in [5, 5.41) is 1.06. The van der Waals surface area contributed by atoms with E-state index >= 15 is 0 Å². The number of carbonyl (C=O) groups is 2. The maximum Gasteiger partial charge on any atom is 0.227 e. The molecule has 150 valence electrons. The zero-order valence-electron chi connectivity index (χ0n) is 16.5. The van der Waals surface area contributed by atoms with Crippen molar-refractivity contribution in [3.05, 3.63) is 71.7 Å². The van der Waals surface area contributed by atoms with E-state index in [1.807, 2.05) is 35.4 Å². The van der Waals surface area contributed by atoms with Crippen molar-refractivity contribution in [3.8, 4) is 0 Å². The van der Waals surface area contributed by atoms with Crippen LogP contribution in [0.25, 0.3) is 10.9 Å². The number of nitrogens with zero attached hydrogens (tertiary/aromatic N) is 3. The molecule has 1 saturated heterocycles. The van der Waals surface area contributed by atoms with Crippen molar-refractivity contribution in [2.75, 3.05) is 26.2 Å². The normalized spacial score (nSPS) is 14.4. The van der Waals surface area contributed by atoms with Crippen LogP contribution in [-0.4, -0.2) is 52.4 Å². The topological polar surface area (TPSA) is 45.6 Å². The van der Waals surface area contributed by atoms with E-state index in [4.69, 9.17) is 0 Å². The van der Waals surface area contributed by atoms with Crippen molar-refractivity contribution in [1.82, 2.24) is 14.4 Å². The van der Waals surface area contributed by atoms with Gasteiger partial charge in [-0.15, -0.1) is 0 Å². The van der Waals surface area contributed by atoms with Crippen LogP contribution in [0.5, 0.6) is 0 Å². The molecule has 2 amide bonds. The lowest BCUT2D eigenvalue weighted by atomic mass is 10.1. The summed E-state index contributed by atoms with van der Waals surface area (Å²) in [7, 11) is 0. The quantitative estimate of drug-likeness (QED) is 0.684. The third-order valence-electron chi connectivity index (χ3n) is 5.56. The number of piperazine rings is 1. The number of fused-ring (bicyclic) bond motifs is 1. The summed E-state index contributed by atoms with van der Waals surface area (Å²) >= 11 is 0. The smallest absolute Gasteiger partial charge is 0.227 e. The number of rotatable bonds is 4. The van der Waals surface area contributed by atoms with Crippen molar-refractivity contribution in [1.29, 1.82) is 0 Å². The van der Waals surface area contributed by atoms with E-state index in [9.17, 15) is 14.0 Å². The Balaban J connectivity index is 1.52. The van der Waals surface area contributed by atoms with Crippen LogP contribution in [0.3, 0.4) is 0 Å². The van der Waals surface area contributed by atoms with Gasteiger partial charge in [-0.05, 0) is 29.3 Å². The molecule has 2 heterocycles. The first-order valence-corrected chi connectivity index (χ1v) is 9.86. The Kier molecular flexibility index (Phi) is 5.34. The second kappa shape index (κ2) is 8.07. The van der Waals surface area contributed by atoms with Crippen LogP contribution in [0.2, 0.25) is 0 Å². The van der Waals surface area contributed by atoms with Gasteiger partial charge in [0.25, 0.3) is 0 Å². The van der Waals surface area contributed by atoms with Crippen LogP contribution >= 0.6 is 0 Å². The molecule has 5 nitrogen and oxygen atoms in total.